The maximum absolute atomic E-state index is 12.6. The highest BCUT2D eigenvalue weighted by Crippen LogP contribution is 2.52. The monoisotopic (exact) mass is 404 g/mol. The van der Waals surface area contributed by atoms with Gasteiger partial charge >= 0.3 is 6.03 Å². The molecule has 4 rings (SSSR count). The Labute approximate surface area is 181 Å². The molecule has 2 aromatic carbocycles. The van der Waals surface area contributed by atoms with Crippen LogP contribution in [-0.4, -0.2) is 30.6 Å². The van der Waals surface area contributed by atoms with Crippen LogP contribution in [0, 0.1) is 5.41 Å². The number of carbonyl (C=O) groups excluding carboxylic acids is 1. The van der Waals surface area contributed by atoms with Gasteiger partial charge in [0, 0.05) is 19.6 Å². The van der Waals surface area contributed by atoms with E-state index in [9.17, 15) is 4.79 Å². The van der Waals surface area contributed by atoms with Crippen molar-refractivity contribution in [1.29, 1.82) is 0 Å². The molecule has 2 aliphatic rings. The van der Waals surface area contributed by atoms with Crippen molar-refractivity contribution in [2.24, 2.45) is 5.41 Å². The summed E-state index contributed by atoms with van der Waals surface area (Å²) in [6, 6.07) is 17.8. The van der Waals surface area contributed by atoms with Gasteiger partial charge in [-0.1, -0.05) is 69.3 Å². The van der Waals surface area contributed by atoms with Crippen LogP contribution in [-0.2, 0) is 11.8 Å². The first-order valence-electron chi connectivity index (χ1n) is 11.6. The quantitative estimate of drug-likeness (QED) is 0.649. The van der Waals surface area contributed by atoms with Crippen molar-refractivity contribution >= 4 is 6.03 Å². The van der Waals surface area contributed by atoms with Crippen LogP contribution >= 0.6 is 0 Å². The predicted octanol–water partition coefficient (Wildman–Crippen LogP) is 6.17. The molecule has 3 heteroatoms. The molecule has 1 fully saturated rings. The summed E-state index contributed by atoms with van der Waals surface area (Å²) in [4.78, 5) is 14.6. The first kappa shape index (κ1) is 21.0. The summed E-state index contributed by atoms with van der Waals surface area (Å²) in [5, 5.41) is 3.22. The van der Waals surface area contributed by atoms with Crippen molar-refractivity contribution in [2.45, 2.75) is 64.7 Å². The smallest absolute Gasteiger partial charge is 0.317 e. The standard InChI is InChI=1S/C27H36N2O/c1-26(2)15-14-23-20-22(21-10-6-4-7-11-21)12-13-24(23)27(26,3)16-17-28-25(30)29-18-8-5-9-19-29/h4,6-7,10-13,20H,5,8-9,14-19H2,1-3H3,(H,28,30). The van der Waals surface area contributed by atoms with Crippen molar-refractivity contribution in [3.63, 3.8) is 0 Å². The number of piperidine rings is 1. The van der Waals surface area contributed by atoms with Gasteiger partial charge in [0.1, 0.15) is 0 Å². The Morgan fingerprint density at radius 2 is 1.70 bits per heavy atom. The number of nitrogens with zero attached hydrogens (tertiary/aromatic N) is 1. The Balaban J connectivity index is 1.52. The van der Waals surface area contributed by atoms with Crippen molar-refractivity contribution in [3.05, 3.63) is 59.7 Å². The molecule has 0 bridgehead atoms. The molecule has 3 nitrogen and oxygen atoms in total. The summed E-state index contributed by atoms with van der Waals surface area (Å²) in [5.41, 5.74) is 5.76. The summed E-state index contributed by atoms with van der Waals surface area (Å²) < 4.78 is 0. The summed E-state index contributed by atoms with van der Waals surface area (Å²) in [6.07, 6.45) is 6.78. The van der Waals surface area contributed by atoms with Gasteiger partial charge in [0.05, 0.1) is 0 Å². The molecule has 2 amide bonds. The molecule has 0 aromatic heterocycles. The van der Waals surface area contributed by atoms with E-state index in [1.165, 1.54) is 35.1 Å². The fourth-order valence-electron chi connectivity index (χ4n) is 5.34. The highest BCUT2D eigenvalue weighted by molar-refractivity contribution is 5.74. The maximum atomic E-state index is 12.6. The third-order valence-electron chi connectivity index (χ3n) is 7.86. The van der Waals surface area contributed by atoms with Crippen molar-refractivity contribution < 1.29 is 4.79 Å². The number of benzene rings is 2. The number of urea groups is 1. The second-order valence-electron chi connectivity index (χ2n) is 9.98. The summed E-state index contributed by atoms with van der Waals surface area (Å²) >= 11 is 0. The van der Waals surface area contributed by atoms with Gasteiger partial charge in [-0.25, -0.2) is 4.79 Å². The molecule has 0 saturated carbocycles. The first-order valence-corrected chi connectivity index (χ1v) is 11.6. The van der Waals surface area contributed by atoms with Crippen molar-refractivity contribution in [2.75, 3.05) is 19.6 Å². The zero-order valence-electron chi connectivity index (χ0n) is 18.8. The molecule has 1 atom stereocenters. The van der Waals surface area contributed by atoms with Crippen LogP contribution in [0.1, 0.15) is 64.0 Å². The zero-order chi connectivity index (χ0) is 21.2. The van der Waals surface area contributed by atoms with Crippen LogP contribution in [0.15, 0.2) is 48.5 Å². The predicted molar refractivity (Wildman–Crippen MR) is 125 cm³/mol. The van der Waals surface area contributed by atoms with E-state index < -0.39 is 0 Å². The van der Waals surface area contributed by atoms with Gasteiger partial charge in [0.25, 0.3) is 0 Å². The van der Waals surface area contributed by atoms with Gasteiger partial charge < -0.3 is 10.2 Å². The molecule has 1 N–H and O–H groups in total. The normalized spacial score (nSPS) is 23.0. The lowest BCUT2D eigenvalue weighted by molar-refractivity contribution is 0.134. The molecule has 160 valence electrons. The number of fused-ring (bicyclic) bond motifs is 1. The van der Waals surface area contributed by atoms with E-state index >= 15 is 0 Å². The molecular weight excluding hydrogens is 368 g/mol. The van der Waals surface area contributed by atoms with Gasteiger partial charge in [-0.15, -0.1) is 0 Å². The Hall–Kier alpha value is -2.29. The Morgan fingerprint density at radius 1 is 0.967 bits per heavy atom. The number of aryl methyl sites for hydroxylation is 1. The molecule has 1 saturated heterocycles. The second kappa shape index (κ2) is 8.45. The molecule has 1 unspecified atom stereocenters. The fourth-order valence-corrected chi connectivity index (χ4v) is 5.34. The van der Waals surface area contributed by atoms with Crippen LogP contribution in [0.2, 0.25) is 0 Å². The van der Waals surface area contributed by atoms with Crippen LogP contribution < -0.4 is 5.32 Å². The molecule has 1 heterocycles. The Kier molecular flexibility index (Phi) is 5.90. The van der Waals surface area contributed by atoms with Crippen molar-refractivity contribution in [1.82, 2.24) is 10.2 Å². The average molecular weight is 405 g/mol. The van der Waals surface area contributed by atoms with Crippen LogP contribution in [0.3, 0.4) is 0 Å². The van der Waals surface area contributed by atoms with E-state index in [4.69, 9.17) is 0 Å². The van der Waals surface area contributed by atoms with E-state index in [1.54, 1.807) is 0 Å². The second-order valence-corrected chi connectivity index (χ2v) is 9.98. The van der Waals surface area contributed by atoms with Gasteiger partial charge in [0.15, 0.2) is 0 Å². The minimum Gasteiger partial charge on any atom is -0.338 e. The van der Waals surface area contributed by atoms with E-state index in [2.05, 4.69) is 74.6 Å². The number of amides is 2. The third-order valence-corrected chi connectivity index (χ3v) is 7.86. The number of hydrogen-bond acceptors (Lipinski definition) is 1. The minimum absolute atomic E-state index is 0.0466. The highest BCUT2D eigenvalue weighted by Gasteiger charge is 2.45. The molecule has 2 aromatic rings. The molecular formula is C27H36N2O. The summed E-state index contributed by atoms with van der Waals surface area (Å²) in [6.45, 7) is 9.73. The topological polar surface area (TPSA) is 32.3 Å². The lowest BCUT2D eigenvalue weighted by Crippen LogP contribution is -2.48. The van der Waals surface area contributed by atoms with Gasteiger partial charge in [-0.2, -0.15) is 0 Å². The number of carbonyl (C=O) groups is 1. The number of nitrogens with one attached hydrogen (secondary N) is 1. The third kappa shape index (κ3) is 3.99. The lowest BCUT2D eigenvalue weighted by atomic mass is 9.55. The SMILES string of the molecule is CC1(C)CCc2cc(-c3ccccc3)ccc2C1(C)CCNC(=O)N1CCCCC1. The van der Waals surface area contributed by atoms with E-state index in [1.807, 2.05) is 4.90 Å². The fraction of sp³-hybridized carbons (Fsp3) is 0.519. The number of hydrogen-bond donors (Lipinski definition) is 1. The van der Waals surface area contributed by atoms with E-state index in [0.717, 1.165) is 45.3 Å². The summed E-state index contributed by atoms with van der Waals surface area (Å²) in [5.74, 6) is 0. The Morgan fingerprint density at radius 3 is 2.43 bits per heavy atom. The van der Waals surface area contributed by atoms with Gasteiger partial charge in [-0.05, 0) is 71.6 Å². The Bertz CT molecular complexity index is 883. The van der Waals surface area contributed by atoms with Crippen LogP contribution in [0.25, 0.3) is 11.1 Å². The van der Waals surface area contributed by atoms with Gasteiger partial charge in [0.2, 0.25) is 0 Å². The molecule has 1 aliphatic heterocycles. The lowest BCUT2D eigenvalue weighted by Gasteiger charge is -2.50. The average Bonchev–Trinajstić information content (AvgIpc) is 2.77. The summed E-state index contributed by atoms with van der Waals surface area (Å²) in [7, 11) is 0. The van der Waals surface area contributed by atoms with Crippen molar-refractivity contribution in [3.8, 4) is 11.1 Å². The van der Waals surface area contributed by atoms with E-state index in [0.29, 0.717) is 0 Å². The molecule has 1 aliphatic carbocycles. The van der Waals surface area contributed by atoms with Crippen LogP contribution in [0.5, 0.6) is 0 Å². The largest absolute Gasteiger partial charge is 0.338 e. The van der Waals surface area contributed by atoms with E-state index in [-0.39, 0.29) is 16.9 Å². The highest BCUT2D eigenvalue weighted by atomic mass is 16.2. The minimum atomic E-state index is 0.0466. The first-order chi connectivity index (χ1) is 14.4. The zero-order valence-corrected chi connectivity index (χ0v) is 18.8. The molecule has 0 spiro atoms. The number of rotatable bonds is 4. The molecule has 30 heavy (non-hydrogen) atoms. The van der Waals surface area contributed by atoms with Gasteiger partial charge in [-0.3, -0.25) is 0 Å². The number of likely N-dealkylation sites (tertiary alicyclic amines) is 1. The molecule has 0 radical (unpaired) electrons. The maximum Gasteiger partial charge on any atom is 0.317 e. The van der Waals surface area contributed by atoms with Crippen LogP contribution in [0.4, 0.5) is 4.79 Å².